The summed E-state index contributed by atoms with van der Waals surface area (Å²) in [5.41, 5.74) is 1.06. The summed E-state index contributed by atoms with van der Waals surface area (Å²) in [5.74, 6) is 0.501. The molecule has 4 heteroatoms. The van der Waals surface area contributed by atoms with Crippen LogP contribution in [-0.4, -0.2) is 4.98 Å². The molecule has 1 aromatic carbocycles. The minimum Gasteiger partial charge on any atom is -0.244 e. The monoisotopic (exact) mass is 247 g/mol. The number of hydrogen-bond acceptors (Lipinski definition) is 1. The molecule has 74 valence electrons. The van der Waals surface area contributed by atoms with Crippen LogP contribution in [0.15, 0.2) is 30.5 Å². The largest absolute Gasteiger partial charge is 0.244 e. The van der Waals surface area contributed by atoms with Gasteiger partial charge in [-0.05, 0) is 23.1 Å². The number of benzene rings is 1. The molecule has 0 spiro atoms. The van der Waals surface area contributed by atoms with Gasteiger partial charge < -0.3 is 0 Å². The highest BCUT2D eigenvalue weighted by Crippen LogP contribution is 2.22. The molecule has 1 heterocycles. The number of nitrogens with zero attached hydrogens (tertiary/aromatic N) is 1. The summed E-state index contributed by atoms with van der Waals surface area (Å²) in [6, 6.07) is 7.89. The first-order valence-corrected chi connectivity index (χ1v) is 4.81. The summed E-state index contributed by atoms with van der Waals surface area (Å²) >= 11 is 11.6. The zero-order chi connectivity index (χ0) is 9.26. The molecule has 2 rings (SSSR count). The van der Waals surface area contributed by atoms with Crippen molar-refractivity contribution in [2.75, 3.05) is 0 Å². The van der Waals surface area contributed by atoms with Crippen LogP contribution >= 0.6 is 35.6 Å². The van der Waals surface area contributed by atoms with Crippen LogP contribution < -0.4 is 0 Å². The Morgan fingerprint density at radius 3 is 2.71 bits per heavy atom. The van der Waals surface area contributed by atoms with Crippen molar-refractivity contribution in [1.29, 1.82) is 0 Å². The van der Waals surface area contributed by atoms with Crippen molar-refractivity contribution in [2.45, 2.75) is 5.88 Å². The SMILES string of the molecule is Cl.ClCc1ccc2ccnc(Cl)c2c1. The standard InChI is InChI=1S/C10H7Cl2N.ClH/c11-6-7-1-2-8-3-4-13-10(12)9(8)5-7;/h1-5H,6H2;1H. The Morgan fingerprint density at radius 1 is 1.21 bits per heavy atom. The molecule has 0 amide bonds. The third-order valence-electron chi connectivity index (χ3n) is 1.94. The third-order valence-corrected chi connectivity index (χ3v) is 2.55. The predicted octanol–water partition coefficient (Wildman–Crippen LogP) is 4.05. The van der Waals surface area contributed by atoms with Gasteiger partial charge in [-0.1, -0.05) is 23.7 Å². The molecule has 0 bridgehead atoms. The van der Waals surface area contributed by atoms with E-state index >= 15 is 0 Å². The van der Waals surface area contributed by atoms with Gasteiger partial charge in [0.15, 0.2) is 0 Å². The molecule has 0 radical (unpaired) electrons. The number of fused-ring (bicyclic) bond motifs is 1. The Labute approximate surface area is 98.5 Å². The Kier molecular flexibility index (Phi) is 3.99. The van der Waals surface area contributed by atoms with Crippen LogP contribution in [0.2, 0.25) is 5.15 Å². The lowest BCUT2D eigenvalue weighted by molar-refractivity contribution is 1.35. The first-order chi connectivity index (χ1) is 6.31. The molecule has 0 saturated carbocycles. The average molecular weight is 249 g/mol. The highest BCUT2D eigenvalue weighted by atomic mass is 35.5. The maximum atomic E-state index is 5.93. The lowest BCUT2D eigenvalue weighted by Crippen LogP contribution is -1.81. The van der Waals surface area contributed by atoms with E-state index in [0.29, 0.717) is 11.0 Å². The van der Waals surface area contributed by atoms with Crippen LogP contribution in [0.1, 0.15) is 5.56 Å². The summed E-state index contributed by atoms with van der Waals surface area (Å²) in [6.45, 7) is 0. The number of rotatable bonds is 1. The molecule has 0 aliphatic heterocycles. The summed E-state index contributed by atoms with van der Waals surface area (Å²) < 4.78 is 0. The molecule has 0 atom stereocenters. The van der Waals surface area contributed by atoms with E-state index in [-0.39, 0.29) is 12.4 Å². The molecule has 0 N–H and O–H groups in total. The van der Waals surface area contributed by atoms with Gasteiger partial charge >= 0.3 is 0 Å². The van der Waals surface area contributed by atoms with Crippen molar-refractivity contribution < 1.29 is 0 Å². The van der Waals surface area contributed by atoms with Gasteiger partial charge in [0.05, 0.1) is 0 Å². The van der Waals surface area contributed by atoms with E-state index in [2.05, 4.69) is 4.98 Å². The summed E-state index contributed by atoms with van der Waals surface area (Å²) in [6.07, 6.45) is 1.70. The van der Waals surface area contributed by atoms with Crippen LogP contribution in [0.5, 0.6) is 0 Å². The molecular weight excluding hydrogens is 240 g/mol. The Morgan fingerprint density at radius 2 is 2.00 bits per heavy atom. The van der Waals surface area contributed by atoms with Crippen LogP contribution in [0.4, 0.5) is 0 Å². The first kappa shape index (κ1) is 11.6. The highest BCUT2D eigenvalue weighted by molar-refractivity contribution is 6.34. The lowest BCUT2D eigenvalue weighted by Gasteiger charge is -2.01. The fourth-order valence-corrected chi connectivity index (χ4v) is 1.65. The van der Waals surface area contributed by atoms with Crippen molar-refractivity contribution in [3.63, 3.8) is 0 Å². The van der Waals surface area contributed by atoms with Crippen molar-refractivity contribution in [2.24, 2.45) is 0 Å². The van der Waals surface area contributed by atoms with Gasteiger partial charge in [0.2, 0.25) is 0 Å². The second-order valence-corrected chi connectivity index (χ2v) is 3.42. The van der Waals surface area contributed by atoms with Crippen LogP contribution in [0.3, 0.4) is 0 Å². The van der Waals surface area contributed by atoms with Crippen molar-refractivity contribution in [3.05, 3.63) is 41.2 Å². The molecule has 2 aromatic rings. The molecular formula is C10H8Cl3N. The first-order valence-electron chi connectivity index (χ1n) is 3.90. The van der Waals surface area contributed by atoms with E-state index in [1.165, 1.54) is 0 Å². The Bertz CT molecular complexity index is 442. The Balaban J connectivity index is 0.000000980. The maximum Gasteiger partial charge on any atom is 0.136 e. The number of alkyl halides is 1. The smallest absolute Gasteiger partial charge is 0.136 e. The quantitative estimate of drug-likeness (QED) is 0.548. The van der Waals surface area contributed by atoms with Gasteiger partial charge in [-0.15, -0.1) is 24.0 Å². The molecule has 14 heavy (non-hydrogen) atoms. The van der Waals surface area contributed by atoms with E-state index in [1.54, 1.807) is 6.20 Å². The van der Waals surface area contributed by atoms with Crippen molar-refractivity contribution in [1.82, 2.24) is 4.98 Å². The fourth-order valence-electron chi connectivity index (χ4n) is 1.26. The van der Waals surface area contributed by atoms with Gasteiger partial charge in [-0.25, -0.2) is 4.98 Å². The van der Waals surface area contributed by atoms with Gasteiger partial charge in [-0.3, -0.25) is 0 Å². The van der Waals surface area contributed by atoms with Gasteiger partial charge in [0.25, 0.3) is 0 Å². The van der Waals surface area contributed by atoms with Gasteiger partial charge in [0, 0.05) is 17.5 Å². The molecule has 0 saturated heterocycles. The zero-order valence-electron chi connectivity index (χ0n) is 7.21. The third kappa shape index (κ3) is 2.11. The molecule has 0 aliphatic carbocycles. The van der Waals surface area contributed by atoms with Crippen LogP contribution in [0.25, 0.3) is 10.8 Å². The number of halogens is 3. The van der Waals surface area contributed by atoms with E-state index < -0.39 is 0 Å². The van der Waals surface area contributed by atoms with Crippen LogP contribution in [0, 0.1) is 0 Å². The number of pyridine rings is 1. The van der Waals surface area contributed by atoms with Gasteiger partial charge in [0.1, 0.15) is 5.15 Å². The van der Waals surface area contributed by atoms with E-state index in [0.717, 1.165) is 16.3 Å². The highest BCUT2D eigenvalue weighted by Gasteiger charge is 1.99. The minimum atomic E-state index is 0. The number of aromatic nitrogens is 1. The molecule has 1 aromatic heterocycles. The maximum absolute atomic E-state index is 5.93. The molecule has 0 unspecified atom stereocenters. The lowest BCUT2D eigenvalue weighted by atomic mass is 10.1. The van der Waals surface area contributed by atoms with E-state index in [1.807, 2.05) is 24.3 Å². The van der Waals surface area contributed by atoms with Crippen molar-refractivity contribution >= 4 is 46.4 Å². The van der Waals surface area contributed by atoms with E-state index in [4.69, 9.17) is 23.2 Å². The summed E-state index contributed by atoms with van der Waals surface area (Å²) in [7, 11) is 0. The Hall–Kier alpha value is -0.500. The van der Waals surface area contributed by atoms with E-state index in [9.17, 15) is 0 Å². The zero-order valence-corrected chi connectivity index (χ0v) is 9.53. The fraction of sp³-hybridized carbons (Fsp3) is 0.100. The predicted molar refractivity (Wildman–Crippen MR) is 63.6 cm³/mol. The van der Waals surface area contributed by atoms with Gasteiger partial charge in [-0.2, -0.15) is 0 Å². The second kappa shape index (κ2) is 4.83. The number of hydrogen-bond donors (Lipinski definition) is 0. The molecule has 0 aliphatic rings. The van der Waals surface area contributed by atoms with Crippen molar-refractivity contribution in [3.8, 4) is 0 Å². The second-order valence-electron chi connectivity index (χ2n) is 2.79. The normalized spacial score (nSPS) is 9.86. The molecule has 1 nitrogen and oxygen atoms in total. The minimum absolute atomic E-state index is 0. The summed E-state index contributed by atoms with van der Waals surface area (Å²) in [5, 5.41) is 2.58. The molecule has 0 fully saturated rings. The topological polar surface area (TPSA) is 12.9 Å². The van der Waals surface area contributed by atoms with Crippen LogP contribution in [-0.2, 0) is 5.88 Å². The summed E-state index contributed by atoms with van der Waals surface area (Å²) in [4.78, 5) is 4.01. The average Bonchev–Trinajstić information content (AvgIpc) is 2.18.